The van der Waals surface area contributed by atoms with Gasteiger partial charge < -0.3 is 10.4 Å². The summed E-state index contributed by atoms with van der Waals surface area (Å²) in [6.07, 6.45) is 0.967. The lowest BCUT2D eigenvalue weighted by Gasteiger charge is -2.17. The summed E-state index contributed by atoms with van der Waals surface area (Å²) in [5, 5.41) is 12.3. The van der Waals surface area contributed by atoms with Crippen molar-refractivity contribution < 1.29 is 9.50 Å². The highest BCUT2D eigenvalue weighted by Gasteiger charge is 2.27. The molecule has 2 rings (SSSR count). The summed E-state index contributed by atoms with van der Waals surface area (Å²) in [6, 6.07) is 6.72. The third-order valence-corrected chi connectivity index (χ3v) is 2.82. The van der Waals surface area contributed by atoms with Gasteiger partial charge in [0.25, 0.3) is 0 Å². The van der Waals surface area contributed by atoms with Crippen LogP contribution in [-0.2, 0) is 0 Å². The minimum atomic E-state index is -0.203. The molecule has 1 aliphatic rings. The van der Waals surface area contributed by atoms with Crippen molar-refractivity contribution in [1.82, 2.24) is 5.32 Å². The lowest BCUT2D eigenvalue weighted by molar-refractivity contribution is 0.245. The number of halogens is 1. The Kier molecular flexibility index (Phi) is 2.79. The molecule has 2 N–H and O–H groups in total. The Balaban J connectivity index is 2.21. The summed E-state index contributed by atoms with van der Waals surface area (Å²) in [7, 11) is 0. The number of aliphatic hydroxyl groups is 1. The molecule has 76 valence electrons. The van der Waals surface area contributed by atoms with Gasteiger partial charge in [-0.15, -0.1) is 0 Å². The van der Waals surface area contributed by atoms with Crippen LogP contribution < -0.4 is 5.32 Å². The van der Waals surface area contributed by atoms with Crippen molar-refractivity contribution in [2.75, 3.05) is 13.2 Å². The maximum atomic E-state index is 13.0. The number of hydrogen-bond donors (Lipinski definition) is 2. The van der Waals surface area contributed by atoms with Crippen molar-refractivity contribution in [2.24, 2.45) is 0 Å². The van der Waals surface area contributed by atoms with Crippen molar-refractivity contribution in [3.8, 4) is 0 Å². The van der Waals surface area contributed by atoms with Gasteiger partial charge >= 0.3 is 0 Å². The van der Waals surface area contributed by atoms with Crippen molar-refractivity contribution in [2.45, 2.75) is 18.4 Å². The van der Waals surface area contributed by atoms with Crippen LogP contribution in [0.2, 0.25) is 0 Å². The molecule has 0 radical (unpaired) electrons. The maximum Gasteiger partial charge on any atom is 0.123 e. The molecular formula is C11H14FNO. The Labute approximate surface area is 82.8 Å². The minimum Gasteiger partial charge on any atom is -0.395 e. The van der Waals surface area contributed by atoms with Gasteiger partial charge in [0.2, 0.25) is 0 Å². The van der Waals surface area contributed by atoms with E-state index in [-0.39, 0.29) is 24.4 Å². The molecule has 1 aromatic rings. The highest BCUT2D eigenvalue weighted by Crippen LogP contribution is 2.27. The normalized spacial score (nSPS) is 26.7. The molecule has 1 saturated heterocycles. The Morgan fingerprint density at radius 2 is 2.36 bits per heavy atom. The van der Waals surface area contributed by atoms with Gasteiger partial charge in [0.15, 0.2) is 0 Å². The van der Waals surface area contributed by atoms with E-state index in [9.17, 15) is 4.39 Å². The zero-order chi connectivity index (χ0) is 9.97. The summed E-state index contributed by atoms with van der Waals surface area (Å²) < 4.78 is 13.0. The third-order valence-electron chi connectivity index (χ3n) is 2.82. The van der Waals surface area contributed by atoms with Crippen molar-refractivity contribution in [3.05, 3.63) is 35.6 Å². The van der Waals surface area contributed by atoms with E-state index in [2.05, 4.69) is 5.32 Å². The predicted octanol–water partition coefficient (Wildman–Crippen LogP) is 1.26. The lowest BCUT2D eigenvalue weighted by Crippen LogP contribution is -2.29. The van der Waals surface area contributed by atoms with E-state index < -0.39 is 0 Å². The zero-order valence-corrected chi connectivity index (χ0v) is 7.91. The standard InChI is InChI=1S/C11H14FNO/c12-9-3-1-2-8(6-9)10-4-5-13-11(10)7-14/h1-3,6,10-11,13-14H,4-5,7H2. The molecule has 1 aliphatic heterocycles. The number of hydrogen-bond acceptors (Lipinski definition) is 2. The molecule has 2 unspecified atom stereocenters. The SMILES string of the molecule is OCC1NCCC1c1cccc(F)c1. The summed E-state index contributed by atoms with van der Waals surface area (Å²) in [5.74, 6) is 0.0433. The number of aliphatic hydroxyl groups excluding tert-OH is 1. The average Bonchev–Trinajstić information content (AvgIpc) is 2.65. The zero-order valence-electron chi connectivity index (χ0n) is 7.91. The van der Waals surface area contributed by atoms with Crippen LogP contribution in [0.5, 0.6) is 0 Å². The maximum absolute atomic E-state index is 13.0. The fourth-order valence-electron chi connectivity index (χ4n) is 2.10. The lowest BCUT2D eigenvalue weighted by atomic mass is 9.92. The first kappa shape index (κ1) is 9.62. The molecular weight excluding hydrogens is 181 g/mol. The third kappa shape index (κ3) is 1.79. The first-order chi connectivity index (χ1) is 6.81. The Morgan fingerprint density at radius 1 is 1.50 bits per heavy atom. The molecule has 0 aromatic heterocycles. The van der Waals surface area contributed by atoms with Crippen LogP contribution in [0.3, 0.4) is 0 Å². The average molecular weight is 195 g/mol. The fraction of sp³-hybridized carbons (Fsp3) is 0.455. The Hall–Kier alpha value is -0.930. The van der Waals surface area contributed by atoms with E-state index >= 15 is 0 Å². The van der Waals surface area contributed by atoms with Crippen LogP contribution in [0.1, 0.15) is 17.9 Å². The highest BCUT2D eigenvalue weighted by molar-refractivity contribution is 5.23. The Morgan fingerprint density at radius 3 is 3.07 bits per heavy atom. The van der Waals surface area contributed by atoms with E-state index in [0.717, 1.165) is 18.5 Å². The van der Waals surface area contributed by atoms with E-state index in [1.807, 2.05) is 6.07 Å². The van der Waals surface area contributed by atoms with Crippen molar-refractivity contribution >= 4 is 0 Å². The summed E-state index contributed by atoms with van der Waals surface area (Å²) in [6.45, 7) is 1.01. The van der Waals surface area contributed by atoms with Gasteiger partial charge in [-0.1, -0.05) is 12.1 Å². The molecule has 0 bridgehead atoms. The summed E-state index contributed by atoms with van der Waals surface area (Å²) in [4.78, 5) is 0. The van der Waals surface area contributed by atoms with Gasteiger partial charge in [0.05, 0.1) is 6.61 Å². The van der Waals surface area contributed by atoms with Crippen LogP contribution >= 0.6 is 0 Å². The van der Waals surface area contributed by atoms with E-state index in [4.69, 9.17) is 5.11 Å². The molecule has 2 atom stereocenters. The topological polar surface area (TPSA) is 32.3 Å². The molecule has 2 nitrogen and oxygen atoms in total. The van der Waals surface area contributed by atoms with Gasteiger partial charge in [-0.25, -0.2) is 4.39 Å². The number of rotatable bonds is 2. The van der Waals surface area contributed by atoms with Crippen LogP contribution in [0.25, 0.3) is 0 Å². The van der Waals surface area contributed by atoms with Crippen LogP contribution in [0.4, 0.5) is 4.39 Å². The summed E-state index contributed by atoms with van der Waals surface area (Å²) in [5.41, 5.74) is 0.981. The van der Waals surface area contributed by atoms with Gasteiger partial charge in [-0.05, 0) is 30.7 Å². The van der Waals surface area contributed by atoms with Gasteiger partial charge in [0.1, 0.15) is 5.82 Å². The second-order valence-electron chi connectivity index (χ2n) is 3.69. The number of nitrogens with one attached hydrogen (secondary N) is 1. The van der Waals surface area contributed by atoms with Gasteiger partial charge in [0, 0.05) is 12.0 Å². The van der Waals surface area contributed by atoms with Crippen molar-refractivity contribution in [1.29, 1.82) is 0 Å². The molecule has 0 spiro atoms. The highest BCUT2D eigenvalue weighted by atomic mass is 19.1. The summed E-state index contributed by atoms with van der Waals surface area (Å²) >= 11 is 0. The van der Waals surface area contributed by atoms with Crippen LogP contribution in [0, 0.1) is 5.82 Å². The second kappa shape index (κ2) is 4.07. The molecule has 0 amide bonds. The molecule has 1 aromatic carbocycles. The molecule has 3 heteroatoms. The van der Waals surface area contributed by atoms with Gasteiger partial charge in [-0.2, -0.15) is 0 Å². The largest absolute Gasteiger partial charge is 0.395 e. The van der Waals surface area contributed by atoms with E-state index in [1.54, 1.807) is 12.1 Å². The van der Waals surface area contributed by atoms with E-state index in [0.29, 0.717) is 0 Å². The first-order valence-corrected chi connectivity index (χ1v) is 4.91. The van der Waals surface area contributed by atoms with Crippen LogP contribution in [-0.4, -0.2) is 24.3 Å². The van der Waals surface area contributed by atoms with Gasteiger partial charge in [-0.3, -0.25) is 0 Å². The van der Waals surface area contributed by atoms with Crippen LogP contribution in [0.15, 0.2) is 24.3 Å². The predicted molar refractivity (Wildman–Crippen MR) is 52.6 cm³/mol. The minimum absolute atomic E-state index is 0.0804. The monoisotopic (exact) mass is 195 g/mol. The van der Waals surface area contributed by atoms with E-state index in [1.165, 1.54) is 6.07 Å². The Bertz CT molecular complexity index is 316. The number of benzene rings is 1. The molecule has 0 saturated carbocycles. The molecule has 1 fully saturated rings. The fourth-order valence-corrected chi connectivity index (χ4v) is 2.10. The molecule has 0 aliphatic carbocycles. The first-order valence-electron chi connectivity index (χ1n) is 4.91. The van der Waals surface area contributed by atoms with Crippen molar-refractivity contribution in [3.63, 3.8) is 0 Å². The second-order valence-corrected chi connectivity index (χ2v) is 3.69. The smallest absolute Gasteiger partial charge is 0.123 e. The molecule has 14 heavy (non-hydrogen) atoms. The molecule has 1 heterocycles. The quantitative estimate of drug-likeness (QED) is 0.744.